The van der Waals surface area contributed by atoms with Crippen molar-refractivity contribution >= 4 is 17.9 Å². The minimum absolute atomic E-state index is 0.0626. The summed E-state index contributed by atoms with van der Waals surface area (Å²) >= 11 is 0. The second-order valence-corrected chi connectivity index (χ2v) is 21.7. The van der Waals surface area contributed by atoms with Crippen molar-refractivity contribution in [2.24, 2.45) is 11.8 Å². The molecule has 1 unspecified atom stereocenters. The lowest BCUT2D eigenvalue weighted by Gasteiger charge is -2.18. The summed E-state index contributed by atoms with van der Waals surface area (Å²) in [5.74, 6) is 0.877. The fourth-order valence-corrected chi connectivity index (χ4v) is 9.37. The maximum atomic E-state index is 12.9. The van der Waals surface area contributed by atoms with Gasteiger partial charge < -0.3 is 14.2 Å². The Morgan fingerprint density at radius 3 is 0.851 bits per heavy atom. The van der Waals surface area contributed by atoms with Crippen molar-refractivity contribution in [2.45, 2.75) is 349 Å². The highest BCUT2D eigenvalue weighted by Gasteiger charge is 2.19. The van der Waals surface area contributed by atoms with Crippen LogP contribution < -0.4 is 0 Å². The Kier molecular flexibility index (Phi) is 52.5. The highest BCUT2D eigenvalue weighted by Crippen LogP contribution is 2.19. The van der Waals surface area contributed by atoms with Crippen LogP contribution in [0.25, 0.3) is 0 Å². The topological polar surface area (TPSA) is 78.9 Å². The van der Waals surface area contributed by atoms with E-state index in [4.69, 9.17) is 14.2 Å². The highest BCUT2D eigenvalue weighted by atomic mass is 16.6. The second kappa shape index (κ2) is 53.8. The molecular formula is C61H118O6. The van der Waals surface area contributed by atoms with Gasteiger partial charge in [0.15, 0.2) is 6.10 Å². The molecule has 0 saturated carbocycles. The van der Waals surface area contributed by atoms with Crippen LogP contribution in [0, 0.1) is 11.8 Å². The number of carbonyl (C=O) groups is 3. The normalized spacial score (nSPS) is 12.4. The predicted octanol–water partition coefficient (Wildman–Crippen LogP) is 20.0. The molecule has 0 heterocycles. The minimum Gasteiger partial charge on any atom is -0.462 e. The van der Waals surface area contributed by atoms with Gasteiger partial charge in [0.1, 0.15) is 13.2 Å². The lowest BCUT2D eigenvalue weighted by atomic mass is 9.99. The van der Waals surface area contributed by atoms with Crippen molar-refractivity contribution in [3.05, 3.63) is 0 Å². The molecule has 0 radical (unpaired) electrons. The van der Waals surface area contributed by atoms with Crippen molar-refractivity contribution in [3.8, 4) is 0 Å². The standard InChI is InChI=1S/C61H118O6/c1-6-8-9-10-11-12-13-14-15-16-17-18-23-26-33-38-43-48-53-61(64)67-58(55-66-60(63)52-47-42-37-32-28-27-29-34-39-44-49-56(3)4)54-65-59(62)51-46-41-36-31-25-22-20-19-21-24-30-35-40-45-50-57(5)7-2/h56-58H,6-55H2,1-5H3/t57?,58-/m1/s1. The van der Waals surface area contributed by atoms with Gasteiger partial charge in [-0.15, -0.1) is 0 Å². The molecule has 6 heteroatoms. The fourth-order valence-electron chi connectivity index (χ4n) is 9.37. The van der Waals surface area contributed by atoms with Crippen LogP contribution in [0.5, 0.6) is 0 Å². The maximum absolute atomic E-state index is 12.9. The number of hydrogen-bond acceptors (Lipinski definition) is 6. The third-order valence-electron chi connectivity index (χ3n) is 14.3. The average molecular weight is 948 g/mol. The molecule has 0 aliphatic heterocycles. The highest BCUT2D eigenvalue weighted by molar-refractivity contribution is 5.71. The van der Waals surface area contributed by atoms with Crippen LogP contribution in [0.1, 0.15) is 343 Å². The van der Waals surface area contributed by atoms with E-state index >= 15 is 0 Å². The lowest BCUT2D eigenvalue weighted by Crippen LogP contribution is -2.30. The molecule has 398 valence electrons. The first kappa shape index (κ1) is 65.4. The monoisotopic (exact) mass is 947 g/mol. The molecule has 0 aliphatic carbocycles. The van der Waals surface area contributed by atoms with E-state index in [-0.39, 0.29) is 31.1 Å². The molecule has 0 aromatic heterocycles. The van der Waals surface area contributed by atoms with Gasteiger partial charge in [-0.3, -0.25) is 14.4 Å². The summed E-state index contributed by atoms with van der Waals surface area (Å²) in [6.07, 6.45) is 58.1. The van der Waals surface area contributed by atoms with Gasteiger partial charge in [-0.1, -0.05) is 304 Å². The zero-order chi connectivity index (χ0) is 48.9. The second-order valence-electron chi connectivity index (χ2n) is 21.7. The minimum atomic E-state index is -0.763. The van der Waals surface area contributed by atoms with Gasteiger partial charge >= 0.3 is 17.9 Å². The summed E-state index contributed by atoms with van der Waals surface area (Å²) in [5.41, 5.74) is 0. The maximum Gasteiger partial charge on any atom is 0.306 e. The first-order valence-corrected chi connectivity index (χ1v) is 30.3. The van der Waals surface area contributed by atoms with Crippen LogP contribution in [-0.2, 0) is 28.6 Å². The van der Waals surface area contributed by atoms with E-state index in [0.29, 0.717) is 19.3 Å². The molecule has 0 aromatic rings. The van der Waals surface area contributed by atoms with E-state index in [1.54, 1.807) is 0 Å². The number of carbonyl (C=O) groups excluding carboxylic acids is 3. The molecule has 0 amide bonds. The van der Waals surface area contributed by atoms with Crippen LogP contribution in [0.3, 0.4) is 0 Å². The number of hydrogen-bond donors (Lipinski definition) is 0. The van der Waals surface area contributed by atoms with Crippen LogP contribution in [0.4, 0.5) is 0 Å². The SMILES string of the molecule is CCCCCCCCCCCCCCCCCCCCC(=O)O[C@H](COC(=O)CCCCCCCCCCCCCCCCC(C)CC)COC(=O)CCCCCCCCCCCCC(C)C. The molecule has 67 heavy (non-hydrogen) atoms. The fraction of sp³-hybridized carbons (Fsp3) is 0.951. The van der Waals surface area contributed by atoms with Gasteiger partial charge in [-0.05, 0) is 31.1 Å². The molecule has 0 aromatic carbocycles. The van der Waals surface area contributed by atoms with Gasteiger partial charge in [0.25, 0.3) is 0 Å². The predicted molar refractivity (Wildman–Crippen MR) is 289 cm³/mol. The number of esters is 3. The molecule has 6 nitrogen and oxygen atoms in total. The largest absolute Gasteiger partial charge is 0.462 e. The molecule has 0 aliphatic rings. The molecule has 0 fully saturated rings. The number of unbranched alkanes of at least 4 members (excludes halogenated alkanes) is 39. The molecule has 0 saturated heterocycles. The first-order chi connectivity index (χ1) is 32.8. The van der Waals surface area contributed by atoms with Crippen LogP contribution >= 0.6 is 0 Å². The van der Waals surface area contributed by atoms with E-state index in [1.165, 1.54) is 231 Å². The molecule has 0 N–H and O–H groups in total. The molecule has 2 atom stereocenters. The molecule has 0 spiro atoms. The van der Waals surface area contributed by atoms with Crippen LogP contribution in [-0.4, -0.2) is 37.2 Å². The summed E-state index contributed by atoms with van der Waals surface area (Å²) in [6, 6.07) is 0. The van der Waals surface area contributed by atoms with Gasteiger partial charge in [0, 0.05) is 19.3 Å². The van der Waals surface area contributed by atoms with Gasteiger partial charge in [-0.2, -0.15) is 0 Å². The number of rotatable bonds is 55. The summed E-state index contributed by atoms with van der Waals surface area (Å²) in [7, 11) is 0. The summed E-state index contributed by atoms with van der Waals surface area (Å²) < 4.78 is 16.9. The quantitative estimate of drug-likeness (QED) is 0.0343. The Labute approximate surface area is 418 Å². The molecule has 0 rings (SSSR count). The summed E-state index contributed by atoms with van der Waals surface area (Å²) in [6.45, 7) is 11.4. The Hall–Kier alpha value is -1.59. The Bertz CT molecular complexity index is 1030. The zero-order valence-corrected chi connectivity index (χ0v) is 46.0. The Balaban J connectivity index is 4.28. The summed E-state index contributed by atoms with van der Waals surface area (Å²) in [5, 5.41) is 0. The smallest absolute Gasteiger partial charge is 0.306 e. The van der Waals surface area contributed by atoms with Crippen LogP contribution in [0.2, 0.25) is 0 Å². The van der Waals surface area contributed by atoms with E-state index in [2.05, 4.69) is 34.6 Å². The van der Waals surface area contributed by atoms with Crippen molar-refractivity contribution in [3.63, 3.8) is 0 Å². The van der Waals surface area contributed by atoms with Crippen molar-refractivity contribution in [2.75, 3.05) is 13.2 Å². The number of ether oxygens (including phenoxy) is 3. The lowest BCUT2D eigenvalue weighted by molar-refractivity contribution is -0.167. The summed E-state index contributed by atoms with van der Waals surface area (Å²) in [4.78, 5) is 38.2. The van der Waals surface area contributed by atoms with Crippen molar-refractivity contribution in [1.82, 2.24) is 0 Å². The van der Waals surface area contributed by atoms with E-state index in [9.17, 15) is 14.4 Å². The van der Waals surface area contributed by atoms with E-state index < -0.39 is 6.10 Å². The Morgan fingerprint density at radius 1 is 0.313 bits per heavy atom. The zero-order valence-electron chi connectivity index (χ0n) is 46.0. The van der Waals surface area contributed by atoms with E-state index in [0.717, 1.165) is 69.6 Å². The Morgan fingerprint density at radius 2 is 0.567 bits per heavy atom. The third-order valence-corrected chi connectivity index (χ3v) is 14.3. The van der Waals surface area contributed by atoms with Crippen molar-refractivity contribution in [1.29, 1.82) is 0 Å². The molecular weight excluding hydrogens is 829 g/mol. The van der Waals surface area contributed by atoms with Crippen LogP contribution in [0.15, 0.2) is 0 Å². The first-order valence-electron chi connectivity index (χ1n) is 30.3. The van der Waals surface area contributed by atoms with Crippen molar-refractivity contribution < 1.29 is 28.6 Å². The average Bonchev–Trinajstić information content (AvgIpc) is 3.31. The van der Waals surface area contributed by atoms with E-state index in [1.807, 2.05) is 0 Å². The van der Waals surface area contributed by atoms with Gasteiger partial charge in [-0.25, -0.2) is 0 Å². The third kappa shape index (κ3) is 53.6. The van der Waals surface area contributed by atoms with Gasteiger partial charge in [0.05, 0.1) is 0 Å². The molecule has 0 bridgehead atoms. The van der Waals surface area contributed by atoms with Gasteiger partial charge in [0.2, 0.25) is 0 Å².